The first-order chi connectivity index (χ1) is 7.69. The molecule has 0 aliphatic rings. The van der Waals surface area contributed by atoms with Crippen molar-refractivity contribution < 1.29 is 19.4 Å². The Labute approximate surface area is 92.8 Å². The van der Waals surface area contributed by atoms with Gasteiger partial charge in [-0.2, -0.15) is 5.26 Å². The zero-order valence-electron chi connectivity index (χ0n) is 8.77. The summed E-state index contributed by atoms with van der Waals surface area (Å²) >= 11 is 0. The molecule has 84 valence electrons. The van der Waals surface area contributed by atoms with Crippen LogP contribution in [0.1, 0.15) is 15.9 Å². The Hall–Kier alpha value is -2.06. The lowest BCUT2D eigenvalue weighted by atomic mass is 10.1. The third-order valence-electron chi connectivity index (χ3n) is 1.89. The van der Waals surface area contributed by atoms with E-state index >= 15 is 0 Å². The van der Waals surface area contributed by atoms with Gasteiger partial charge in [-0.1, -0.05) is 0 Å². The average Bonchev–Trinajstić information content (AvgIpc) is 2.29. The minimum Gasteiger partial charge on any atom is -0.490 e. The van der Waals surface area contributed by atoms with Gasteiger partial charge in [-0.3, -0.25) is 0 Å². The Kier molecular flexibility index (Phi) is 4.30. The molecule has 1 aromatic carbocycles. The predicted molar refractivity (Wildman–Crippen MR) is 55.5 cm³/mol. The maximum absolute atomic E-state index is 10.7. The van der Waals surface area contributed by atoms with Gasteiger partial charge in [0, 0.05) is 7.11 Å². The van der Waals surface area contributed by atoms with Gasteiger partial charge >= 0.3 is 5.97 Å². The third kappa shape index (κ3) is 2.97. The number of ether oxygens (including phenoxy) is 2. The van der Waals surface area contributed by atoms with Crippen LogP contribution in [0.4, 0.5) is 0 Å². The van der Waals surface area contributed by atoms with Crippen LogP contribution in [0.25, 0.3) is 0 Å². The van der Waals surface area contributed by atoms with Crippen LogP contribution < -0.4 is 4.74 Å². The van der Waals surface area contributed by atoms with Crippen molar-refractivity contribution in [2.75, 3.05) is 20.3 Å². The fourth-order valence-electron chi connectivity index (χ4n) is 1.11. The van der Waals surface area contributed by atoms with Gasteiger partial charge < -0.3 is 14.6 Å². The summed E-state index contributed by atoms with van der Waals surface area (Å²) in [5.74, 6) is -0.704. The zero-order valence-corrected chi connectivity index (χ0v) is 8.77. The fourth-order valence-corrected chi connectivity index (χ4v) is 1.11. The van der Waals surface area contributed by atoms with Gasteiger partial charge in [-0.15, -0.1) is 0 Å². The van der Waals surface area contributed by atoms with E-state index in [1.165, 1.54) is 18.2 Å². The highest BCUT2D eigenvalue weighted by Crippen LogP contribution is 2.19. The van der Waals surface area contributed by atoms with Crippen LogP contribution in [0.3, 0.4) is 0 Å². The monoisotopic (exact) mass is 221 g/mol. The first-order valence-electron chi connectivity index (χ1n) is 4.58. The van der Waals surface area contributed by atoms with Gasteiger partial charge in [0.2, 0.25) is 0 Å². The van der Waals surface area contributed by atoms with Gasteiger partial charge in [0.25, 0.3) is 0 Å². The fraction of sp³-hybridized carbons (Fsp3) is 0.273. The molecule has 0 bridgehead atoms. The molecule has 0 atom stereocenters. The first-order valence-corrected chi connectivity index (χ1v) is 4.58. The molecule has 0 amide bonds. The summed E-state index contributed by atoms with van der Waals surface area (Å²) in [6.45, 7) is 0.725. The number of methoxy groups -OCH3 is 1. The van der Waals surface area contributed by atoms with Crippen LogP contribution in [0.5, 0.6) is 5.75 Å². The second-order valence-corrected chi connectivity index (χ2v) is 2.97. The van der Waals surface area contributed by atoms with Crippen molar-refractivity contribution in [3.63, 3.8) is 0 Å². The van der Waals surface area contributed by atoms with E-state index in [0.29, 0.717) is 19.0 Å². The molecule has 16 heavy (non-hydrogen) atoms. The molecule has 0 aliphatic carbocycles. The van der Waals surface area contributed by atoms with E-state index in [4.69, 9.17) is 19.8 Å². The molecule has 0 saturated carbocycles. The molecular weight excluding hydrogens is 210 g/mol. The summed E-state index contributed by atoms with van der Waals surface area (Å²) in [4.78, 5) is 10.7. The van der Waals surface area contributed by atoms with Crippen LogP contribution >= 0.6 is 0 Å². The van der Waals surface area contributed by atoms with E-state index in [2.05, 4.69) is 0 Å². The van der Waals surface area contributed by atoms with Crippen LogP contribution in [0.2, 0.25) is 0 Å². The van der Waals surface area contributed by atoms with Crippen molar-refractivity contribution in [1.29, 1.82) is 5.26 Å². The van der Waals surface area contributed by atoms with Gasteiger partial charge in [-0.05, 0) is 18.2 Å². The van der Waals surface area contributed by atoms with Gasteiger partial charge in [0.15, 0.2) is 0 Å². The Morgan fingerprint density at radius 3 is 2.81 bits per heavy atom. The van der Waals surface area contributed by atoms with Gasteiger partial charge in [0.1, 0.15) is 18.4 Å². The molecule has 1 rings (SSSR count). The van der Waals surface area contributed by atoms with E-state index in [1.807, 2.05) is 6.07 Å². The molecule has 0 unspecified atom stereocenters. The van der Waals surface area contributed by atoms with Crippen molar-refractivity contribution in [3.8, 4) is 11.8 Å². The molecule has 0 heterocycles. The minimum atomic E-state index is -1.07. The van der Waals surface area contributed by atoms with Crippen LogP contribution in [0, 0.1) is 11.3 Å². The van der Waals surface area contributed by atoms with E-state index < -0.39 is 5.97 Å². The van der Waals surface area contributed by atoms with Crippen molar-refractivity contribution >= 4 is 5.97 Å². The van der Waals surface area contributed by atoms with Crippen molar-refractivity contribution in [2.45, 2.75) is 0 Å². The number of benzene rings is 1. The summed E-state index contributed by atoms with van der Waals surface area (Å²) in [5, 5.41) is 17.6. The van der Waals surface area contributed by atoms with E-state index in [1.54, 1.807) is 7.11 Å². The highest BCUT2D eigenvalue weighted by molar-refractivity contribution is 5.88. The number of hydrogen-bond acceptors (Lipinski definition) is 4. The maximum Gasteiger partial charge on any atom is 0.335 e. The van der Waals surface area contributed by atoms with Gasteiger partial charge in [0.05, 0.1) is 17.7 Å². The van der Waals surface area contributed by atoms with E-state index in [-0.39, 0.29) is 11.1 Å². The van der Waals surface area contributed by atoms with Crippen LogP contribution in [-0.4, -0.2) is 31.4 Å². The highest BCUT2D eigenvalue weighted by Gasteiger charge is 2.08. The summed E-state index contributed by atoms with van der Waals surface area (Å²) in [6.07, 6.45) is 0. The van der Waals surface area contributed by atoms with E-state index in [9.17, 15) is 4.79 Å². The predicted octanol–water partition coefficient (Wildman–Crippen LogP) is 1.28. The normalized spacial score (nSPS) is 9.50. The molecule has 5 heteroatoms. The van der Waals surface area contributed by atoms with Crippen molar-refractivity contribution in [2.24, 2.45) is 0 Å². The number of nitriles is 1. The summed E-state index contributed by atoms with van der Waals surface area (Å²) < 4.78 is 10.1. The molecule has 0 radical (unpaired) electrons. The van der Waals surface area contributed by atoms with Crippen molar-refractivity contribution in [1.82, 2.24) is 0 Å². The largest absolute Gasteiger partial charge is 0.490 e. The maximum atomic E-state index is 10.7. The van der Waals surface area contributed by atoms with Gasteiger partial charge in [-0.25, -0.2) is 4.79 Å². The SMILES string of the molecule is COCCOc1ccc(C(=O)O)cc1C#N. The summed E-state index contributed by atoms with van der Waals surface area (Å²) in [7, 11) is 1.54. The summed E-state index contributed by atoms with van der Waals surface area (Å²) in [6, 6.07) is 6.03. The number of hydrogen-bond donors (Lipinski definition) is 1. The quantitative estimate of drug-likeness (QED) is 0.757. The molecule has 5 nitrogen and oxygen atoms in total. The topological polar surface area (TPSA) is 79.6 Å². The second kappa shape index (κ2) is 5.73. The Morgan fingerprint density at radius 2 is 2.25 bits per heavy atom. The average molecular weight is 221 g/mol. The summed E-state index contributed by atoms with van der Waals surface area (Å²) in [5.41, 5.74) is 0.270. The first kappa shape index (κ1) is 12.0. The number of carbonyl (C=O) groups is 1. The van der Waals surface area contributed by atoms with Crippen LogP contribution in [0.15, 0.2) is 18.2 Å². The number of aromatic carboxylic acids is 1. The number of carboxylic acid groups (broad SMARTS) is 1. The molecule has 0 spiro atoms. The molecule has 0 aromatic heterocycles. The Balaban J connectivity index is 2.86. The molecule has 1 N–H and O–H groups in total. The second-order valence-electron chi connectivity index (χ2n) is 2.97. The molecule has 0 aliphatic heterocycles. The number of nitrogens with zero attached hydrogens (tertiary/aromatic N) is 1. The standard InChI is InChI=1S/C11H11NO4/c1-15-4-5-16-10-3-2-8(11(13)14)6-9(10)7-12/h2-3,6H,4-5H2,1H3,(H,13,14). The smallest absolute Gasteiger partial charge is 0.335 e. The lowest BCUT2D eigenvalue weighted by Gasteiger charge is -2.07. The Morgan fingerprint density at radius 1 is 1.50 bits per heavy atom. The number of rotatable bonds is 5. The molecule has 0 saturated heterocycles. The minimum absolute atomic E-state index is 0.0654. The number of carboxylic acids is 1. The third-order valence-corrected chi connectivity index (χ3v) is 1.89. The molecular formula is C11H11NO4. The van der Waals surface area contributed by atoms with Crippen LogP contribution in [-0.2, 0) is 4.74 Å². The Bertz CT molecular complexity index is 422. The lowest BCUT2D eigenvalue weighted by Crippen LogP contribution is -2.06. The van der Waals surface area contributed by atoms with E-state index in [0.717, 1.165) is 0 Å². The highest BCUT2D eigenvalue weighted by atomic mass is 16.5. The lowest BCUT2D eigenvalue weighted by molar-refractivity contribution is 0.0696. The van der Waals surface area contributed by atoms with Crippen molar-refractivity contribution in [3.05, 3.63) is 29.3 Å². The zero-order chi connectivity index (χ0) is 12.0. The molecule has 1 aromatic rings. The molecule has 0 fully saturated rings.